The van der Waals surface area contributed by atoms with Crippen LogP contribution in [0, 0.1) is 0 Å². The average Bonchev–Trinajstić information content (AvgIpc) is 3.45. The Bertz CT molecular complexity index is 949. The van der Waals surface area contributed by atoms with E-state index in [-0.39, 0.29) is 34.8 Å². The molecule has 0 radical (unpaired) electrons. The van der Waals surface area contributed by atoms with Crippen LogP contribution in [0.25, 0.3) is 0 Å². The van der Waals surface area contributed by atoms with Crippen molar-refractivity contribution >= 4 is 18.0 Å². The van der Waals surface area contributed by atoms with Crippen LogP contribution >= 0.6 is 0 Å². The molecule has 5 N–H and O–H groups in total. The number of anilines is 1. The van der Waals surface area contributed by atoms with Crippen LogP contribution in [-0.2, 0) is 9.53 Å². The number of benzene rings is 1. The number of nitrogens with zero attached hydrogens (tertiary/aromatic N) is 1. The number of aromatic hydroxyl groups is 1. The summed E-state index contributed by atoms with van der Waals surface area (Å²) in [5.41, 5.74) is 0.799. The summed E-state index contributed by atoms with van der Waals surface area (Å²) in [5, 5.41) is 32.3. The number of amides is 1. The monoisotopic (exact) mass is 462 g/mol. The second-order valence-corrected chi connectivity index (χ2v) is 7.80. The maximum atomic E-state index is 12.3. The molecule has 1 aromatic heterocycles. The van der Waals surface area contributed by atoms with Crippen molar-refractivity contribution in [3.8, 4) is 17.2 Å². The fourth-order valence-corrected chi connectivity index (χ4v) is 3.72. The summed E-state index contributed by atoms with van der Waals surface area (Å²) in [5.74, 6) is 0.0638. The summed E-state index contributed by atoms with van der Waals surface area (Å²) < 4.78 is 16.1. The lowest BCUT2D eigenvalue weighted by Crippen LogP contribution is -2.34. The maximum Gasteiger partial charge on any atom is 0.263 e. The van der Waals surface area contributed by atoms with Crippen molar-refractivity contribution in [3.05, 3.63) is 29.5 Å². The van der Waals surface area contributed by atoms with Crippen molar-refractivity contribution in [2.24, 2.45) is 0 Å². The number of hydrogen-bond donors (Lipinski definition) is 5. The van der Waals surface area contributed by atoms with Gasteiger partial charge in [-0.2, -0.15) is 5.10 Å². The third-order valence-electron chi connectivity index (χ3n) is 5.39. The molecule has 1 aromatic carbocycles. The number of aliphatic hydroxyl groups excluding tert-OH is 1. The summed E-state index contributed by atoms with van der Waals surface area (Å²) in [6.45, 7) is 2.30. The zero-order valence-electron chi connectivity index (χ0n) is 18.7. The molecule has 180 valence electrons. The van der Waals surface area contributed by atoms with E-state index in [2.05, 4.69) is 20.8 Å². The molecule has 1 aliphatic carbocycles. The molecular weight excluding hydrogens is 432 g/mol. The molecule has 1 heterocycles. The summed E-state index contributed by atoms with van der Waals surface area (Å²) in [6, 6.07) is 4.45. The van der Waals surface area contributed by atoms with Crippen LogP contribution in [-0.4, -0.2) is 65.4 Å². The normalized spacial score (nSPS) is 18.6. The van der Waals surface area contributed by atoms with Crippen molar-refractivity contribution < 1.29 is 34.0 Å². The van der Waals surface area contributed by atoms with E-state index in [4.69, 9.17) is 14.2 Å². The molecule has 1 fully saturated rings. The number of nitrogens with one attached hydrogen (secondary N) is 3. The van der Waals surface area contributed by atoms with Gasteiger partial charge >= 0.3 is 0 Å². The summed E-state index contributed by atoms with van der Waals surface area (Å²) >= 11 is 0. The predicted molar refractivity (Wildman–Crippen MR) is 119 cm³/mol. The molecule has 3 atom stereocenters. The first-order valence-corrected chi connectivity index (χ1v) is 10.8. The second-order valence-electron chi connectivity index (χ2n) is 7.80. The molecule has 0 aliphatic heterocycles. The molecule has 1 saturated carbocycles. The number of methoxy groups -OCH3 is 1. The number of aromatic amines is 1. The van der Waals surface area contributed by atoms with Gasteiger partial charge < -0.3 is 29.7 Å². The average molecular weight is 463 g/mol. The van der Waals surface area contributed by atoms with Crippen molar-refractivity contribution in [1.82, 2.24) is 15.5 Å². The Kier molecular flexibility index (Phi) is 8.64. The van der Waals surface area contributed by atoms with E-state index in [9.17, 15) is 19.8 Å². The van der Waals surface area contributed by atoms with Crippen molar-refractivity contribution in [1.29, 1.82) is 0 Å². The van der Waals surface area contributed by atoms with E-state index >= 15 is 0 Å². The Morgan fingerprint density at radius 3 is 2.91 bits per heavy atom. The van der Waals surface area contributed by atoms with Gasteiger partial charge in [0, 0.05) is 29.8 Å². The Balaban J connectivity index is 1.50. The van der Waals surface area contributed by atoms with Crippen LogP contribution in [0.4, 0.5) is 5.82 Å². The minimum Gasteiger partial charge on any atom is -0.507 e. The van der Waals surface area contributed by atoms with E-state index in [1.54, 1.807) is 6.07 Å². The van der Waals surface area contributed by atoms with Gasteiger partial charge in [-0.3, -0.25) is 20.0 Å². The maximum absolute atomic E-state index is 12.3. The van der Waals surface area contributed by atoms with Crippen LogP contribution in [0.2, 0.25) is 0 Å². The zero-order chi connectivity index (χ0) is 23.8. The molecule has 0 spiro atoms. The molecule has 2 aromatic rings. The Labute approximate surface area is 191 Å². The molecule has 1 aliphatic rings. The molecule has 0 bridgehead atoms. The van der Waals surface area contributed by atoms with E-state index < -0.39 is 18.9 Å². The minimum atomic E-state index is -0.975. The number of aldehydes is 1. The number of phenolic OH excluding ortho intramolecular Hbond substituents is 1. The molecule has 11 heteroatoms. The third kappa shape index (κ3) is 6.67. The summed E-state index contributed by atoms with van der Waals surface area (Å²) in [7, 11) is 1.41. The molecule has 1 unspecified atom stereocenters. The lowest BCUT2D eigenvalue weighted by atomic mass is 10.0. The van der Waals surface area contributed by atoms with Crippen molar-refractivity contribution in [3.63, 3.8) is 0 Å². The van der Waals surface area contributed by atoms with E-state index in [0.29, 0.717) is 18.6 Å². The second kappa shape index (κ2) is 11.6. The smallest absolute Gasteiger partial charge is 0.263 e. The lowest BCUT2D eigenvalue weighted by Gasteiger charge is -2.18. The lowest BCUT2D eigenvalue weighted by molar-refractivity contribution is -0.151. The van der Waals surface area contributed by atoms with Gasteiger partial charge in [0.05, 0.1) is 18.8 Å². The Morgan fingerprint density at radius 2 is 2.18 bits per heavy atom. The standard InChI is InChI=1S/C22H30N4O7/c1-3-6-23-22(30)33-14-5-4-13(7-14)17-10-20(26-25-17)24-21(29)12-32-19-9-15(31-2)8-18(28)16(19)11-27/h8-11,13-14,22-23,28,30H,3-7,12H2,1-2H3,(H2,24,25,26,29)/t13-,14+,22?/m0/s1. The molecule has 0 saturated heterocycles. The number of carbonyl (C=O) groups is 2. The van der Waals surface area contributed by atoms with Gasteiger partial charge in [0.1, 0.15) is 17.2 Å². The topological polar surface area (TPSA) is 155 Å². The highest BCUT2D eigenvalue weighted by molar-refractivity contribution is 5.91. The first-order valence-electron chi connectivity index (χ1n) is 10.8. The number of aromatic nitrogens is 2. The van der Waals surface area contributed by atoms with Crippen LogP contribution in [0.15, 0.2) is 18.2 Å². The van der Waals surface area contributed by atoms with Gasteiger partial charge in [-0.1, -0.05) is 6.92 Å². The van der Waals surface area contributed by atoms with Crippen LogP contribution < -0.4 is 20.1 Å². The number of H-pyrrole nitrogens is 1. The molecule has 1 amide bonds. The highest BCUT2D eigenvalue weighted by Crippen LogP contribution is 2.36. The summed E-state index contributed by atoms with van der Waals surface area (Å²) in [6.07, 6.45) is 2.74. The first-order chi connectivity index (χ1) is 15.9. The van der Waals surface area contributed by atoms with Crippen LogP contribution in [0.5, 0.6) is 17.2 Å². The number of aliphatic hydroxyl groups is 1. The Hall–Kier alpha value is -3.15. The molecular formula is C22H30N4O7. The highest BCUT2D eigenvalue weighted by atomic mass is 16.6. The van der Waals surface area contributed by atoms with E-state index in [1.807, 2.05) is 6.92 Å². The number of carbonyl (C=O) groups excluding carboxylic acids is 2. The predicted octanol–water partition coefficient (Wildman–Crippen LogP) is 1.88. The van der Waals surface area contributed by atoms with Gasteiger partial charge in [0.15, 0.2) is 18.7 Å². The first kappa shape index (κ1) is 24.5. The van der Waals surface area contributed by atoms with E-state index in [0.717, 1.165) is 31.4 Å². The minimum absolute atomic E-state index is 0.0346. The largest absolute Gasteiger partial charge is 0.507 e. The Morgan fingerprint density at radius 1 is 1.36 bits per heavy atom. The SMILES string of the molecule is CCCNC(O)O[C@@H]1CC[C@H](c2cc(NC(=O)COc3cc(OC)cc(O)c3C=O)n[nH]2)C1. The highest BCUT2D eigenvalue weighted by Gasteiger charge is 2.29. The van der Waals surface area contributed by atoms with E-state index in [1.165, 1.54) is 19.2 Å². The third-order valence-corrected chi connectivity index (χ3v) is 5.39. The van der Waals surface area contributed by atoms with Crippen LogP contribution in [0.3, 0.4) is 0 Å². The summed E-state index contributed by atoms with van der Waals surface area (Å²) in [4.78, 5) is 23.5. The van der Waals surface area contributed by atoms with Gasteiger partial charge in [-0.05, 0) is 32.2 Å². The molecule has 11 nitrogen and oxygen atoms in total. The fraction of sp³-hybridized carbons (Fsp3) is 0.500. The van der Waals surface area contributed by atoms with Crippen molar-refractivity contribution in [2.75, 3.05) is 25.6 Å². The number of phenols is 1. The number of rotatable bonds is 12. The van der Waals surface area contributed by atoms with Gasteiger partial charge in [0.25, 0.3) is 5.91 Å². The number of ether oxygens (including phenoxy) is 3. The zero-order valence-corrected chi connectivity index (χ0v) is 18.7. The van der Waals surface area contributed by atoms with Gasteiger partial charge in [-0.25, -0.2) is 0 Å². The molecule has 3 rings (SSSR count). The molecule has 33 heavy (non-hydrogen) atoms. The van der Waals surface area contributed by atoms with Crippen molar-refractivity contribution in [2.45, 2.75) is 51.0 Å². The fourth-order valence-electron chi connectivity index (χ4n) is 3.72. The van der Waals surface area contributed by atoms with Gasteiger partial charge in [0.2, 0.25) is 6.41 Å². The van der Waals surface area contributed by atoms with Gasteiger partial charge in [-0.15, -0.1) is 0 Å². The quantitative estimate of drug-likeness (QED) is 0.235. The van der Waals surface area contributed by atoms with Crippen LogP contribution in [0.1, 0.15) is 54.6 Å². The number of hydrogen-bond acceptors (Lipinski definition) is 9.